The minimum atomic E-state index is -4.66. The molecule has 2 amide bonds. The van der Waals surface area contributed by atoms with E-state index in [1.54, 1.807) is 6.92 Å². The lowest BCUT2D eigenvalue weighted by atomic mass is 9.91. The van der Waals surface area contributed by atoms with Gasteiger partial charge in [-0.1, -0.05) is 13.0 Å². The van der Waals surface area contributed by atoms with Crippen molar-refractivity contribution in [1.29, 1.82) is 5.26 Å². The highest BCUT2D eigenvalue weighted by atomic mass is 19.4. The van der Waals surface area contributed by atoms with Gasteiger partial charge in [0.15, 0.2) is 11.6 Å². The van der Waals surface area contributed by atoms with Crippen LogP contribution in [0, 0.1) is 17.2 Å². The van der Waals surface area contributed by atoms with E-state index in [4.69, 9.17) is 11.0 Å². The first-order valence-corrected chi connectivity index (χ1v) is 11.0. The molecule has 188 valence electrons. The Kier molecular flexibility index (Phi) is 6.39. The molecule has 12 heteroatoms. The smallest absolute Gasteiger partial charge is 0.363 e. The molecule has 0 saturated heterocycles. The first kappa shape index (κ1) is 25.3. The van der Waals surface area contributed by atoms with Crippen LogP contribution < -0.4 is 10.6 Å². The standard InChI is InChI=1S/C25H19F3N6O3/c1-3-18-20(35)19(13(2)33(24(18)37)17-6-4-5-16(11-17)25(26,27)28)34-22(31-32-23(34)21(30)36)15-9-7-14(12-29)8-10-15/h4-11,18H,3H2,1-2H3,(H2,30,36). The van der Waals surface area contributed by atoms with Gasteiger partial charge < -0.3 is 5.73 Å². The fourth-order valence-corrected chi connectivity index (χ4v) is 4.19. The molecule has 2 heterocycles. The number of Topliss-reactive ketones (excluding diaryl/α,β-unsaturated/α-hetero) is 1. The second kappa shape index (κ2) is 9.34. The normalized spacial score (nSPS) is 16.2. The molecule has 9 nitrogen and oxygen atoms in total. The molecular weight excluding hydrogens is 489 g/mol. The molecule has 0 radical (unpaired) electrons. The maximum absolute atomic E-state index is 13.6. The van der Waals surface area contributed by atoms with Gasteiger partial charge in [0.1, 0.15) is 11.6 Å². The zero-order chi connectivity index (χ0) is 27.1. The largest absolute Gasteiger partial charge is 0.416 e. The Morgan fingerprint density at radius 1 is 1.14 bits per heavy atom. The van der Waals surface area contributed by atoms with Gasteiger partial charge in [-0.05, 0) is 55.8 Å². The summed E-state index contributed by atoms with van der Waals surface area (Å²) < 4.78 is 41.3. The van der Waals surface area contributed by atoms with Crippen LogP contribution in [0.2, 0.25) is 0 Å². The summed E-state index contributed by atoms with van der Waals surface area (Å²) in [7, 11) is 0. The van der Waals surface area contributed by atoms with E-state index in [-0.39, 0.29) is 29.3 Å². The van der Waals surface area contributed by atoms with Gasteiger partial charge >= 0.3 is 6.18 Å². The van der Waals surface area contributed by atoms with Crippen LogP contribution >= 0.6 is 0 Å². The summed E-state index contributed by atoms with van der Waals surface area (Å²) in [6.45, 7) is 2.97. The predicted octanol–water partition coefficient (Wildman–Crippen LogP) is 3.77. The number of ketones is 1. The molecule has 1 aromatic heterocycles. The van der Waals surface area contributed by atoms with Crippen molar-refractivity contribution < 1.29 is 27.6 Å². The van der Waals surface area contributed by atoms with Crippen LogP contribution in [0.3, 0.4) is 0 Å². The molecule has 4 rings (SSSR count). The number of carbonyl (C=O) groups excluding carboxylic acids is 3. The van der Waals surface area contributed by atoms with Gasteiger partial charge in [0.25, 0.3) is 5.91 Å². The predicted molar refractivity (Wildman–Crippen MR) is 125 cm³/mol. The van der Waals surface area contributed by atoms with Gasteiger partial charge in [-0.25, -0.2) is 0 Å². The van der Waals surface area contributed by atoms with Crippen molar-refractivity contribution in [3.63, 3.8) is 0 Å². The number of hydrogen-bond acceptors (Lipinski definition) is 6. The van der Waals surface area contributed by atoms with Crippen LogP contribution in [0.15, 0.2) is 54.2 Å². The summed E-state index contributed by atoms with van der Waals surface area (Å²) in [5, 5.41) is 16.9. The Labute approximate surface area is 208 Å². The van der Waals surface area contributed by atoms with Crippen LogP contribution in [0.25, 0.3) is 17.1 Å². The zero-order valence-corrected chi connectivity index (χ0v) is 19.6. The summed E-state index contributed by atoms with van der Waals surface area (Å²) in [4.78, 5) is 40.2. The number of nitrogens with two attached hydrogens (primary N) is 1. The molecule has 0 fully saturated rings. The van der Waals surface area contributed by atoms with Gasteiger partial charge in [0.2, 0.25) is 11.7 Å². The van der Waals surface area contributed by atoms with Crippen LogP contribution in [-0.4, -0.2) is 32.4 Å². The molecule has 1 unspecified atom stereocenters. The average molecular weight is 508 g/mol. The number of rotatable bonds is 5. The van der Waals surface area contributed by atoms with Crippen LogP contribution in [0.4, 0.5) is 18.9 Å². The van der Waals surface area contributed by atoms with Crippen molar-refractivity contribution in [1.82, 2.24) is 14.8 Å². The number of halogens is 3. The van der Waals surface area contributed by atoms with Crippen molar-refractivity contribution in [3.05, 3.63) is 71.2 Å². The Hall–Kier alpha value is -4.79. The molecule has 2 aromatic carbocycles. The lowest BCUT2D eigenvalue weighted by Crippen LogP contribution is -2.45. The number of carbonyl (C=O) groups is 3. The number of amides is 2. The number of aromatic nitrogens is 3. The number of hydrogen-bond donors (Lipinski definition) is 1. The summed E-state index contributed by atoms with van der Waals surface area (Å²) in [6, 6.07) is 12.2. The fraction of sp³-hybridized carbons (Fsp3) is 0.200. The minimum absolute atomic E-state index is 0.0224. The molecule has 0 spiro atoms. The topological polar surface area (TPSA) is 135 Å². The third-order valence-electron chi connectivity index (χ3n) is 5.97. The highest BCUT2D eigenvalue weighted by Gasteiger charge is 2.42. The minimum Gasteiger partial charge on any atom is -0.363 e. The third-order valence-corrected chi connectivity index (χ3v) is 5.97. The van der Waals surface area contributed by atoms with Gasteiger partial charge in [0.05, 0.1) is 22.9 Å². The SMILES string of the molecule is CCC1C(=O)C(n2c(C(N)=O)nnc2-c2ccc(C#N)cc2)=C(C)N(c2cccc(C(F)(F)F)c2)C1=O. The van der Waals surface area contributed by atoms with Gasteiger partial charge in [-0.3, -0.25) is 23.9 Å². The van der Waals surface area contributed by atoms with Crippen molar-refractivity contribution in [3.8, 4) is 17.5 Å². The van der Waals surface area contributed by atoms with Crippen molar-refractivity contribution in [2.24, 2.45) is 11.7 Å². The van der Waals surface area contributed by atoms with E-state index in [9.17, 15) is 27.6 Å². The van der Waals surface area contributed by atoms with Gasteiger partial charge in [-0.2, -0.15) is 18.4 Å². The first-order valence-electron chi connectivity index (χ1n) is 11.0. The van der Waals surface area contributed by atoms with E-state index >= 15 is 0 Å². The molecule has 0 bridgehead atoms. The number of nitriles is 1. The summed E-state index contributed by atoms with van der Waals surface area (Å²) in [5.41, 5.74) is 4.95. The van der Waals surface area contributed by atoms with E-state index in [2.05, 4.69) is 10.2 Å². The lowest BCUT2D eigenvalue weighted by Gasteiger charge is -2.34. The highest BCUT2D eigenvalue weighted by Crippen LogP contribution is 2.38. The summed E-state index contributed by atoms with van der Waals surface area (Å²) in [6.07, 6.45) is -4.62. The van der Waals surface area contributed by atoms with E-state index in [1.165, 1.54) is 37.3 Å². The monoisotopic (exact) mass is 508 g/mol. The van der Waals surface area contributed by atoms with Gasteiger partial charge in [0, 0.05) is 11.3 Å². The van der Waals surface area contributed by atoms with Crippen LogP contribution in [0.5, 0.6) is 0 Å². The van der Waals surface area contributed by atoms with E-state index in [1.807, 2.05) is 6.07 Å². The molecule has 1 aliphatic heterocycles. The molecule has 1 atom stereocenters. The Morgan fingerprint density at radius 2 is 1.81 bits per heavy atom. The van der Waals surface area contributed by atoms with Gasteiger partial charge in [-0.15, -0.1) is 10.2 Å². The number of alkyl halides is 3. The fourth-order valence-electron chi connectivity index (χ4n) is 4.19. The van der Waals surface area contributed by atoms with E-state index < -0.39 is 41.1 Å². The Morgan fingerprint density at radius 3 is 2.38 bits per heavy atom. The molecule has 0 aliphatic carbocycles. The second-order valence-corrected chi connectivity index (χ2v) is 8.22. The highest BCUT2D eigenvalue weighted by molar-refractivity contribution is 6.30. The van der Waals surface area contributed by atoms with Crippen LogP contribution in [-0.2, 0) is 15.8 Å². The summed E-state index contributed by atoms with van der Waals surface area (Å²) in [5.74, 6) is -4.02. The number of nitrogens with zero attached hydrogens (tertiary/aromatic N) is 5. The molecule has 0 saturated carbocycles. The first-order chi connectivity index (χ1) is 17.5. The number of anilines is 1. The van der Waals surface area contributed by atoms with Crippen molar-refractivity contribution in [2.45, 2.75) is 26.4 Å². The molecule has 3 aromatic rings. The maximum atomic E-state index is 13.6. The van der Waals surface area contributed by atoms with E-state index in [0.29, 0.717) is 11.1 Å². The summed E-state index contributed by atoms with van der Waals surface area (Å²) >= 11 is 0. The Balaban J connectivity index is 2.00. The maximum Gasteiger partial charge on any atom is 0.416 e. The molecule has 37 heavy (non-hydrogen) atoms. The number of allylic oxidation sites excluding steroid dienone is 2. The van der Waals surface area contributed by atoms with E-state index in [0.717, 1.165) is 27.7 Å². The third kappa shape index (κ3) is 4.35. The molecule has 1 aliphatic rings. The molecule has 2 N–H and O–H groups in total. The lowest BCUT2D eigenvalue weighted by molar-refractivity contribution is -0.137. The quantitative estimate of drug-likeness (QED) is 0.522. The van der Waals surface area contributed by atoms with Crippen molar-refractivity contribution in [2.75, 3.05) is 4.90 Å². The Bertz CT molecular complexity index is 1500. The number of benzene rings is 2. The second-order valence-electron chi connectivity index (χ2n) is 8.22. The zero-order valence-electron chi connectivity index (χ0n) is 19.6. The number of primary amides is 1. The van der Waals surface area contributed by atoms with Crippen LogP contribution in [0.1, 0.15) is 42.0 Å². The molecular formula is C25H19F3N6O3. The van der Waals surface area contributed by atoms with Crippen molar-refractivity contribution >= 4 is 29.0 Å². The average Bonchev–Trinajstić information content (AvgIpc) is 3.29.